The van der Waals surface area contributed by atoms with E-state index in [1.165, 1.54) is 7.11 Å². The molecule has 1 aliphatic carbocycles. The standard InChI is InChI=1S/C37H37NO7/c1-43-36-33(41)28(12-9-22-5-4-6-26-25(22)13-14-29-27(26)15-19-38-29)34-32(35(36)44-20-18-37(42)16-2-3-17-37)30(40)21-31(45-34)23-7-10-24(39)11-8-23/h4-8,10-11,13-15,19,31,38-39,41-42H,2-3,9,12,16-18,20-21H2,1H3. The third kappa shape index (κ3) is 5.33. The van der Waals surface area contributed by atoms with E-state index in [0.29, 0.717) is 24.8 Å². The van der Waals surface area contributed by atoms with Gasteiger partial charge in [-0.1, -0.05) is 49.2 Å². The number of H-pyrrole nitrogens is 1. The number of carbonyl (C=O) groups is 1. The minimum absolute atomic E-state index is 0.0570. The molecule has 2 heterocycles. The van der Waals surface area contributed by atoms with Gasteiger partial charge in [-0.05, 0) is 71.8 Å². The number of hydrogen-bond acceptors (Lipinski definition) is 7. The first-order chi connectivity index (χ1) is 21.8. The fourth-order valence-electron chi connectivity index (χ4n) is 7.06. The zero-order chi connectivity index (χ0) is 31.1. The summed E-state index contributed by atoms with van der Waals surface area (Å²) in [5.74, 6) is 0.321. The predicted molar refractivity (Wildman–Crippen MR) is 172 cm³/mol. The van der Waals surface area contributed by atoms with Crippen molar-refractivity contribution in [1.82, 2.24) is 4.98 Å². The molecule has 4 N–H and O–H groups in total. The van der Waals surface area contributed by atoms with Crippen LogP contribution in [0.15, 0.2) is 66.9 Å². The molecule has 8 heteroatoms. The van der Waals surface area contributed by atoms with Crippen molar-refractivity contribution in [2.75, 3.05) is 13.7 Å². The molecule has 2 aliphatic rings. The van der Waals surface area contributed by atoms with Gasteiger partial charge >= 0.3 is 0 Å². The van der Waals surface area contributed by atoms with E-state index >= 15 is 0 Å². The molecule has 0 bridgehead atoms. The Labute approximate surface area is 261 Å². The van der Waals surface area contributed by atoms with Crippen LogP contribution in [0.2, 0.25) is 0 Å². The SMILES string of the molecule is COc1c(O)c(CCc2cccc3c2ccc2[nH]ccc23)c2c(c1OCCC1(O)CCCC1)C(=O)CC(c1ccc(O)cc1)O2. The number of benzene rings is 4. The first-order valence-corrected chi connectivity index (χ1v) is 15.6. The van der Waals surface area contributed by atoms with Crippen molar-refractivity contribution in [1.29, 1.82) is 0 Å². The number of Topliss-reactive ketones (excluding diaryl/α,β-unsaturated/α-hetero) is 1. The number of hydrogen-bond donors (Lipinski definition) is 4. The molecule has 0 radical (unpaired) electrons. The van der Waals surface area contributed by atoms with Gasteiger partial charge in [0.2, 0.25) is 5.75 Å². The molecule has 0 saturated heterocycles. The Morgan fingerprint density at radius 1 is 0.933 bits per heavy atom. The summed E-state index contributed by atoms with van der Waals surface area (Å²) >= 11 is 0. The second-order valence-electron chi connectivity index (χ2n) is 12.3. The van der Waals surface area contributed by atoms with E-state index in [1.807, 2.05) is 12.3 Å². The molecule has 1 saturated carbocycles. The lowest BCUT2D eigenvalue weighted by Gasteiger charge is -2.31. The molecule has 1 aromatic heterocycles. The summed E-state index contributed by atoms with van der Waals surface area (Å²) in [6.07, 6.45) is 6.13. The van der Waals surface area contributed by atoms with Crippen LogP contribution in [-0.4, -0.2) is 45.4 Å². The van der Waals surface area contributed by atoms with Gasteiger partial charge in [-0.25, -0.2) is 0 Å². The lowest BCUT2D eigenvalue weighted by atomic mass is 9.90. The van der Waals surface area contributed by atoms with Crippen LogP contribution in [0.5, 0.6) is 28.7 Å². The number of aliphatic hydroxyl groups is 1. The summed E-state index contributed by atoms with van der Waals surface area (Å²) < 4.78 is 18.4. The molecule has 1 atom stereocenters. The van der Waals surface area contributed by atoms with E-state index in [4.69, 9.17) is 14.2 Å². The van der Waals surface area contributed by atoms with Crippen molar-refractivity contribution >= 4 is 27.5 Å². The summed E-state index contributed by atoms with van der Waals surface area (Å²) in [5.41, 5.74) is 2.84. The van der Waals surface area contributed by atoms with Gasteiger partial charge in [0.1, 0.15) is 23.2 Å². The number of aromatic amines is 1. The molecule has 45 heavy (non-hydrogen) atoms. The largest absolute Gasteiger partial charge is 0.508 e. The lowest BCUT2D eigenvalue weighted by Crippen LogP contribution is -2.27. The van der Waals surface area contributed by atoms with E-state index in [1.54, 1.807) is 24.3 Å². The Morgan fingerprint density at radius 2 is 1.73 bits per heavy atom. The average molecular weight is 608 g/mol. The van der Waals surface area contributed by atoms with Crippen LogP contribution in [0.3, 0.4) is 0 Å². The smallest absolute Gasteiger partial charge is 0.204 e. The van der Waals surface area contributed by atoms with Gasteiger partial charge in [0, 0.05) is 29.1 Å². The molecule has 4 aromatic carbocycles. The molecule has 5 aromatic rings. The van der Waals surface area contributed by atoms with E-state index in [0.717, 1.165) is 58.5 Å². The predicted octanol–water partition coefficient (Wildman–Crippen LogP) is 7.31. The topological polar surface area (TPSA) is 121 Å². The number of aryl methyl sites for hydroxylation is 1. The first-order valence-electron chi connectivity index (χ1n) is 15.6. The van der Waals surface area contributed by atoms with Crippen LogP contribution >= 0.6 is 0 Å². The number of ketones is 1. The highest BCUT2D eigenvalue weighted by molar-refractivity contribution is 6.07. The van der Waals surface area contributed by atoms with Gasteiger partial charge in [0.25, 0.3) is 0 Å². The summed E-state index contributed by atoms with van der Waals surface area (Å²) in [6.45, 7) is 0.163. The van der Waals surface area contributed by atoms with Crippen LogP contribution in [0, 0.1) is 0 Å². The summed E-state index contributed by atoms with van der Waals surface area (Å²) in [5, 5.41) is 35.8. The molecule has 0 spiro atoms. The zero-order valence-electron chi connectivity index (χ0n) is 25.3. The number of aromatic nitrogens is 1. The number of carbonyl (C=O) groups excluding carboxylic acids is 1. The summed E-state index contributed by atoms with van der Waals surface area (Å²) in [7, 11) is 1.45. The van der Waals surface area contributed by atoms with Crippen LogP contribution in [0.25, 0.3) is 21.7 Å². The van der Waals surface area contributed by atoms with Gasteiger partial charge in [-0.2, -0.15) is 0 Å². The zero-order valence-corrected chi connectivity index (χ0v) is 25.3. The number of methoxy groups -OCH3 is 1. The third-order valence-corrected chi connectivity index (χ3v) is 9.49. The number of ether oxygens (including phenoxy) is 3. The maximum absolute atomic E-state index is 13.9. The normalized spacial score (nSPS) is 17.4. The number of nitrogens with one attached hydrogen (secondary N) is 1. The molecule has 1 aliphatic heterocycles. The minimum Gasteiger partial charge on any atom is -0.508 e. The quantitative estimate of drug-likeness (QED) is 0.139. The van der Waals surface area contributed by atoms with Gasteiger partial charge < -0.3 is 34.5 Å². The van der Waals surface area contributed by atoms with E-state index in [2.05, 4.69) is 35.3 Å². The van der Waals surface area contributed by atoms with Gasteiger partial charge in [-0.3, -0.25) is 4.79 Å². The Morgan fingerprint density at radius 3 is 2.51 bits per heavy atom. The lowest BCUT2D eigenvalue weighted by molar-refractivity contribution is 0.0252. The molecule has 1 fully saturated rings. The molecule has 8 nitrogen and oxygen atoms in total. The Bertz CT molecular complexity index is 1890. The Kier molecular flexibility index (Phi) is 7.53. The number of rotatable bonds is 9. The van der Waals surface area contributed by atoms with Crippen LogP contribution in [0.4, 0.5) is 0 Å². The van der Waals surface area contributed by atoms with E-state index < -0.39 is 11.7 Å². The van der Waals surface area contributed by atoms with E-state index in [9.17, 15) is 20.1 Å². The molecule has 7 rings (SSSR count). The fourth-order valence-corrected chi connectivity index (χ4v) is 7.06. The fraction of sp³-hybridized carbons (Fsp3) is 0.324. The molecule has 232 valence electrons. The second-order valence-corrected chi connectivity index (χ2v) is 12.3. The highest BCUT2D eigenvalue weighted by atomic mass is 16.5. The first kappa shape index (κ1) is 29.0. The third-order valence-electron chi connectivity index (χ3n) is 9.49. The van der Waals surface area contributed by atoms with Gasteiger partial charge in [-0.15, -0.1) is 0 Å². The molecular weight excluding hydrogens is 570 g/mol. The highest BCUT2D eigenvalue weighted by Crippen LogP contribution is 2.53. The van der Waals surface area contributed by atoms with Gasteiger partial charge in [0.05, 0.1) is 25.7 Å². The minimum atomic E-state index is -0.788. The van der Waals surface area contributed by atoms with Crippen LogP contribution in [0.1, 0.15) is 71.7 Å². The van der Waals surface area contributed by atoms with E-state index in [-0.39, 0.29) is 53.1 Å². The number of aromatic hydroxyl groups is 2. The van der Waals surface area contributed by atoms with Crippen molar-refractivity contribution in [3.05, 3.63) is 89.1 Å². The van der Waals surface area contributed by atoms with Crippen LogP contribution in [-0.2, 0) is 12.8 Å². The number of fused-ring (bicyclic) bond motifs is 4. The van der Waals surface area contributed by atoms with Crippen molar-refractivity contribution < 1.29 is 34.3 Å². The maximum atomic E-state index is 13.9. The molecular formula is C37H37NO7. The van der Waals surface area contributed by atoms with Crippen molar-refractivity contribution in [2.45, 2.75) is 63.1 Å². The van der Waals surface area contributed by atoms with Crippen molar-refractivity contribution in [2.24, 2.45) is 0 Å². The second kappa shape index (κ2) is 11.7. The molecule has 0 amide bonds. The Balaban J connectivity index is 1.28. The average Bonchev–Trinajstić information content (AvgIpc) is 3.70. The van der Waals surface area contributed by atoms with Crippen LogP contribution < -0.4 is 14.2 Å². The monoisotopic (exact) mass is 607 g/mol. The van der Waals surface area contributed by atoms with Gasteiger partial charge in [0.15, 0.2) is 17.3 Å². The van der Waals surface area contributed by atoms with Crippen molar-refractivity contribution in [3.8, 4) is 28.7 Å². The number of phenolic OH excluding ortho intramolecular Hbond substituents is 2. The highest BCUT2D eigenvalue weighted by Gasteiger charge is 2.38. The van der Waals surface area contributed by atoms with Crippen molar-refractivity contribution in [3.63, 3.8) is 0 Å². The number of phenols is 2. The summed E-state index contributed by atoms with van der Waals surface area (Å²) in [6, 6.07) is 19.1. The molecule has 1 unspecified atom stereocenters. The summed E-state index contributed by atoms with van der Waals surface area (Å²) in [4.78, 5) is 17.2. The maximum Gasteiger partial charge on any atom is 0.204 e. The Hall–Kier alpha value is -4.69.